The maximum Gasteiger partial charge on any atom is 0.338 e. The minimum Gasteiger partial charge on any atom is -0.462 e. The third-order valence-electron chi connectivity index (χ3n) is 6.78. The molecule has 1 spiro atoms. The van der Waals surface area contributed by atoms with E-state index in [4.69, 9.17) is 14.6 Å². The second kappa shape index (κ2) is 9.45. The Hall–Kier alpha value is -2.67. The Balaban J connectivity index is 1.51. The van der Waals surface area contributed by atoms with Crippen molar-refractivity contribution in [2.24, 2.45) is 11.3 Å². The number of hydrogen-bond acceptors (Lipinski definition) is 5. The van der Waals surface area contributed by atoms with E-state index in [1.54, 1.807) is 6.07 Å². The van der Waals surface area contributed by atoms with Gasteiger partial charge in [-0.05, 0) is 62.5 Å². The molecule has 1 amide bonds. The van der Waals surface area contributed by atoms with Crippen molar-refractivity contribution < 1.29 is 19.1 Å². The van der Waals surface area contributed by atoms with Gasteiger partial charge in [-0.3, -0.25) is 9.48 Å². The monoisotopic (exact) mass is 439 g/mol. The summed E-state index contributed by atoms with van der Waals surface area (Å²) in [6.07, 6.45) is 3.37. The summed E-state index contributed by atoms with van der Waals surface area (Å²) < 4.78 is 13.0. The number of nitrogens with zero attached hydrogens (tertiary/aromatic N) is 2. The molecule has 2 aliphatic heterocycles. The molecule has 1 saturated heterocycles. The van der Waals surface area contributed by atoms with Crippen LogP contribution in [0.3, 0.4) is 0 Å². The van der Waals surface area contributed by atoms with Gasteiger partial charge < -0.3 is 14.8 Å². The van der Waals surface area contributed by atoms with Gasteiger partial charge >= 0.3 is 5.97 Å². The van der Waals surface area contributed by atoms with Crippen LogP contribution in [0, 0.1) is 18.3 Å². The molecule has 1 atom stereocenters. The number of benzene rings is 1. The van der Waals surface area contributed by atoms with Gasteiger partial charge in [-0.2, -0.15) is 5.10 Å². The molecule has 0 aliphatic carbocycles. The lowest BCUT2D eigenvalue weighted by molar-refractivity contribution is 0.0160. The molecule has 32 heavy (non-hydrogen) atoms. The Morgan fingerprint density at radius 3 is 2.78 bits per heavy atom. The summed E-state index contributed by atoms with van der Waals surface area (Å²) in [5.41, 5.74) is 4.22. The highest BCUT2D eigenvalue weighted by molar-refractivity contribution is 5.95. The predicted molar refractivity (Wildman–Crippen MR) is 121 cm³/mol. The maximum absolute atomic E-state index is 12.9. The molecule has 4 rings (SSSR count). The minimum atomic E-state index is -0.298. The van der Waals surface area contributed by atoms with Crippen molar-refractivity contribution >= 4 is 11.9 Å². The summed E-state index contributed by atoms with van der Waals surface area (Å²) in [6, 6.07) is 7.45. The molecule has 1 aromatic heterocycles. The van der Waals surface area contributed by atoms with Crippen molar-refractivity contribution in [3.05, 3.63) is 52.3 Å². The van der Waals surface area contributed by atoms with Crippen molar-refractivity contribution in [2.45, 2.75) is 53.0 Å². The first-order chi connectivity index (χ1) is 15.4. The SMILES string of the molecule is CCn1nc(CC(C)COC(=O)c2ccccc2C)c2c1C(=O)NCC1(CCOCC1)C2. The molecule has 2 aromatic rings. The van der Waals surface area contributed by atoms with E-state index in [2.05, 4.69) is 12.2 Å². The number of rotatable bonds is 6. The molecule has 1 fully saturated rings. The summed E-state index contributed by atoms with van der Waals surface area (Å²) in [7, 11) is 0. The maximum atomic E-state index is 12.9. The van der Waals surface area contributed by atoms with Gasteiger partial charge in [-0.1, -0.05) is 25.1 Å². The molecule has 2 aliphatic rings. The van der Waals surface area contributed by atoms with Gasteiger partial charge in [-0.15, -0.1) is 0 Å². The highest BCUT2D eigenvalue weighted by Crippen LogP contribution is 2.38. The molecule has 172 valence electrons. The van der Waals surface area contributed by atoms with E-state index < -0.39 is 0 Å². The van der Waals surface area contributed by atoms with Gasteiger partial charge in [0.1, 0.15) is 5.69 Å². The quantitative estimate of drug-likeness (QED) is 0.698. The molecular weight excluding hydrogens is 406 g/mol. The molecular formula is C25H33N3O4. The third-order valence-corrected chi connectivity index (χ3v) is 6.78. The summed E-state index contributed by atoms with van der Waals surface area (Å²) in [6.45, 7) is 9.06. The number of nitrogens with one attached hydrogen (secondary N) is 1. The van der Waals surface area contributed by atoms with Crippen LogP contribution in [-0.2, 0) is 28.9 Å². The Morgan fingerprint density at radius 1 is 1.31 bits per heavy atom. The number of ether oxygens (including phenoxy) is 2. The number of esters is 1. The van der Waals surface area contributed by atoms with Crippen molar-refractivity contribution in [3.8, 4) is 0 Å². The van der Waals surface area contributed by atoms with Gasteiger partial charge in [0.25, 0.3) is 5.91 Å². The Bertz CT molecular complexity index is 991. The molecule has 1 unspecified atom stereocenters. The van der Waals surface area contributed by atoms with Crippen molar-refractivity contribution in [2.75, 3.05) is 26.4 Å². The van der Waals surface area contributed by atoms with E-state index in [-0.39, 0.29) is 23.2 Å². The average Bonchev–Trinajstić information content (AvgIpc) is 3.06. The highest BCUT2D eigenvalue weighted by Gasteiger charge is 2.39. The van der Waals surface area contributed by atoms with Gasteiger partial charge in [0.05, 0.1) is 17.9 Å². The molecule has 0 bridgehead atoms. The smallest absolute Gasteiger partial charge is 0.338 e. The zero-order valence-corrected chi connectivity index (χ0v) is 19.3. The number of hydrogen-bond donors (Lipinski definition) is 1. The second-order valence-electron chi connectivity index (χ2n) is 9.28. The van der Waals surface area contributed by atoms with Crippen molar-refractivity contribution in [1.29, 1.82) is 0 Å². The van der Waals surface area contributed by atoms with Crippen LogP contribution in [-0.4, -0.2) is 48.0 Å². The first kappa shape index (κ1) is 22.5. The molecule has 1 aromatic carbocycles. The van der Waals surface area contributed by atoms with Gasteiger partial charge in [0.2, 0.25) is 0 Å². The molecule has 0 radical (unpaired) electrons. The lowest BCUT2D eigenvalue weighted by Crippen LogP contribution is -2.40. The van der Waals surface area contributed by atoms with Gasteiger partial charge in [0.15, 0.2) is 0 Å². The van der Waals surface area contributed by atoms with Crippen LogP contribution in [0.15, 0.2) is 24.3 Å². The number of carbonyl (C=O) groups is 2. The highest BCUT2D eigenvalue weighted by atomic mass is 16.5. The van der Waals surface area contributed by atoms with Crippen LogP contribution in [0.5, 0.6) is 0 Å². The van der Waals surface area contributed by atoms with Crippen LogP contribution in [0.25, 0.3) is 0 Å². The first-order valence-electron chi connectivity index (χ1n) is 11.6. The van der Waals surface area contributed by atoms with Crippen LogP contribution in [0.4, 0.5) is 0 Å². The van der Waals surface area contributed by atoms with Crippen molar-refractivity contribution in [3.63, 3.8) is 0 Å². The van der Waals surface area contributed by atoms with E-state index in [0.29, 0.717) is 37.4 Å². The zero-order valence-electron chi connectivity index (χ0n) is 19.3. The van der Waals surface area contributed by atoms with Crippen LogP contribution in [0.1, 0.15) is 64.4 Å². The second-order valence-corrected chi connectivity index (χ2v) is 9.28. The Morgan fingerprint density at radius 2 is 2.06 bits per heavy atom. The predicted octanol–water partition coefficient (Wildman–Crippen LogP) is 3.33. The van der Waals surface area contributed by atoms with Crippen molar-refractivity contribution in [1.82, 2.24) is 15.1 Å². The summed E-state index contributed by atoms with van der Waals surface area (Å²) in [4.78, 5) is 25.4. The van der Waals surface area contributed by atoms with E-state index >= 15 is 0 Å². The normalized spacial score (nSPS) is 18.5. The van der Waals surface area contributed by atoms with Crippen LogP contribution < -0.4 is 5.32 Å². The first-order valence-corrected chi connectivity index (χ1v) is 11.6. The third kappa shape index (κ3) is 4.58. The fraction of sp³-hybridized carbons (Fsp3) is 0.560. The fourth-order valence-electron chi connectivity index (χ4n) is 4.81. The molecule has 0 saturated carbocycles. The van der Waals surface area contributed by atoms with Crippen LogP contribution >= 0.6 is 0 Å². The molecule has 1 N–H and O–H groups in total. The number of aromatic nitrogens is 2. The fourth-order valence-corrected chi connectivity index (χ4v) is 4.81. The molecule has 7 heteroatoms. The zero-order chi connectivity index (χ0) is 22.7. The largest absolute Gasteiger partial charge is 0.462 e. The number of aryl methyl sites for hydroxylation is 2. The summed E-state index contributed by atoms with van der Waals surface area (Å²) in [5, 5.41) is 7.95. The van der Waals surface area contributed by atoms with Gasteiger partial charge in [-0.25, -0.2) is 4.79 Å². The summed E-state index contributed by atoms with van der Waals surface area (Å²) in [5.74, 6) is -0.250. The topological polar surface area (TPSA) is 82.5 Å². The van der Waals surface area contributed by atoms with E-state index in [1.807, 2.05) is 36.7 Å². The minimum absolute atomic E-state index is 0.0239. The van der Waals surface area contributed by atoms with E-state index in [1.165, 1.54) is 0 Å². The molecule has 3 heterocycles. The average molecular weight is 440 g/mol. The lowest BCUT2D eigenvalue weighted by Gasteiger charge is -2.36. The number of carbonyl (C=O) groups excluding carboxylic acids is 2. The Labute approximate surface area is 189 Å². The number of amides is 1. The standard InChI is InChI=1S/C25H33N3O4/c1-4-28-22-20(14-25(16-26-23(22)29)9-11-31-12-10-25)21(27-28)13-17(2)15-32-24(30)19-8-6-5-7-18(19)3/h5-8,17H,4,9-16H2,1-3H3,(H,26,29). The van der Waals surface area contributed by atoms with E-state index in [9.17, 15) is 9.59 Å². The number of fused-ring (bicyclic) bond motifs is 1. The van der Waals surface area contributed by atoms with E-state index in [0.717, 1.165) is 49.3 Å². The molecule has 7 nitrogen and oxygen atoms in total. The summed E-state index contributed by atoms with van der Waals surface area (Å²) >= 11 is 0. The van der Waals surface area contributed by atoms with Gasteiger partial charge in [0, 0.05) is 31.9 Å². The van der Waals surface area contributed by atoms with Crippen LogP contribution in [0.2, 0.25) is 0 Å². The Kier molecular flexibility index (Phi) is 6.65. The lowest BCUT2D eigenvalue weighted by atomic mass is 9.75.